The second-order valence-corrected chi connectivity index (χ2v) is 3.75. The van der Waals surface area contributed by atoms with Gasteiger partial charge < -0.3 is 4.74 Å². The highest BCUT2D eigenvalue weighted by atomic mass is 16.5. The van der Waals surface area contributed by atoms with Crippen molar-refractivity contribution in [3.8, 4) is 6.07 Å². The lowest BCUT2D eigenvalue weighted by Gasteiger charge is -2.03. The Labute approximate surface area is 101 Å². The van der Waals surface area contributed by atoms with Crippen LogP contribution in [0.2, 0.25) is 0 Å². The number of rotatable bonds is 3. The number of carbonyl (C=O) groups is 1. The molecule has 1 aromatic rings. The minimum atomic E-state index is -0.574. The molecule has 0 bridgehead atoms. The van der Waals surface area contributed by atoms with Gasteiger partial charge in [0.2, 0.25) is 0 Å². The molecule has 88 valence electrons. The molecule has 0 heterocycles. The smallest absolute Gasteiger partial charge is 0.348 e. The lowest BCUT2D eigenvalue weighted by Crippen LogP contribution is -2.06. The number of aryl methyl sites for hydroxylation is 2. The molecule has 0 saturated carbocycles. The maximum atomic E-state index is 11.4. The Kier molecular flexibility index (Phi) is 4.47. The number of nitriles is 1. The van der Waals surface area contributed by atoms with Gasteiger partial charge >= 0.3 is 5.97 Å². The van der Waals surface area contributed by atoms with Crippen LogP contribution in [0.4, 0.5) is 0 Å². The molecule has 1 rings (SSSR count). The van der Waals surface area contributed by atoms with E-state index in [-0.39, 0.29) is 12.2 Å². The van der Waals surface area contributed by atoms with Gasteiger partial charge in [-0.25, -0.2) is 4.79 Å². The summed E-state index contributed by atoms with van der Waals surface area (Å²) in [6.45, 7) is 5.92. The van der Waals surface area contributed by atoms with E-state index in [4.69, 9.17) is 10.00 Å². The van der Waals surface area contributed by atoms with Crippen LogP contribution in [0.3, 0.4) is 0 Å². The van der Waals surface area contributed by atoms with Gasteiger partial charge in [-0.1, -0.05) is 23.8 Å². The maximum Gasteiger partial charge on any atom is 0.348 e. The summed E-state index contributed by atoms with van der Waals surface area (Å²) in [4.78, 5) is 11.4. The molecular formula is C14H15NO2. The highest BCUT2D eigenvalue weighted by Gasteiger charge is 2.10. The van der Waals surface area contributed by atoms with Crippen LogP contribution in [0.15, 0.2) is 23.8 Å². The van der Waals surface area contributed by atoms with Gasteiger partial charge in [0.05, 0.1) is 6.61 Å². The van der Waals surface area contributed by atoms with Crippen molar-refractivity contribution in [2.45, 2.75) is 20.8 Å². The van der Waals surface area contributed by atoms with Crippen LogP contribution in [0.5, 0.6) is 0 Å². The molecule has 0 spiro atoms. The first-order chi connectivity index (χ1) is 8.08. The number of carbonyl (C=O) groups excluding carboxylic acids is 1. The molecule has 1 aromatic carbocycles. The van der Waals surface area contributed by atoms with Crippen LogP contribution in [-0.2, 0) is 9.53 Å². The number of benzene rings is 1. The lowest BCUT2D eigenvalue weighted by molar-refractivity contribution is -0.137. The average Bonchev–Trinajstić information content (AvgIpc) is 2.28. The van der Waals surface area contributed by atoms with Crippen LogP contribution in [0, 0.1) is 25.2 Å². The molecule has 0 aromatic heterocycles. The molecule has 0 atom stereocenters. The van der Waals surface area contributed by atoms with E-state index in [1.807, 2.05) is 38.1 Å². The van der Waals surface area contributed by atoms with Crippen LogP contribution in [-0.4, -0.2) is 12.6 Å². The zero-order valence-electron chi connectivity index (χ0n) is 10.3. The van der Waals surface area contributed by atoms with E-state index < -0.39 is 5.97 Å². The third-order valence-electron chi connectivity index (χ3n) is 2.34. The normalized spacial score (nSPS) is 10.8. The van der Waals surface area contributed by atoms with E-state index in [0.717, 1.165) is 16.7 Å². The van der Waals surface area contributed by atoms with Gasteiger partial charge in [-0.15, -0.1) is 0 Å². The van der Waals surface area contributed by atoms with E-state index in [9.17, 15) is 4.79 Å². The van der Waals surface area contributed by atoms with Gasteiger partial charge in [0, 0.05) is 0 Å². The Morgan fingerprint density at radius 3 is 2.71 bits per heavy atom. The van der Waals surface area contributed by atoms with Crippen LogP contribution >= 0.6 is 0 Å². The van der Waals surface area contributed by atoms with Crippen molar-refractivity contribution in [1.82, 2.24) is 0 Å². The van der Waals surface area contributed by atoms with Crippen molar-refractivity contribution in [3.63, 3.8) is 0 Å². The van der Waals surface area contributed by atoms with Gasteiger partial charge in [0.25, 0.3) is 0 Å². The average molecular weight is 229 g/mol. The Morgan fingerprint density at radius 2 is 2.18 bits per heavy atom. The van der Waals surface area contributed by atoms with Crippen molar-refractivity contribution < 1.29 is 9.53 Å². The minimum Gasteiger partial charge on any atom is -0.462 e. The second kappa shape index (κ2) is 5.86. The molecular weight excluding hydrogens is 214 g/mol. The quantitative estimate of drug-likeness (QED) is 0.455. The lowest BCUT2D eigenvalue weighted by atomic mass is 10.0. The van der Waals surface area contributed by atoms with Crippen LogP contribution < -0.4 is 0 Å². The van der Waals surface area contributed by atoms with Crippen molar-refractivity contribution in [1.29, 1.82) is 5.26 Å². The zero-order chi connectivity index (χ0) is 12.8. The molecule has 0 saturated heterocycles. The molecule has 0 aliphatic heterocycles. The fourth-order valence-corrected chi connectivity index (χ4v) is 1.49. The summed E-state index contributed by atoms with van der Waals surface area (Å²) in [5, 5.41) is 8.91. The van der Waals surface area contributed by atoms with Gasteiger partial charge in [0.1, 0.15) is 11.6 Å². The molecule has 0 radical (unpaired) electrons. The van der Waals surface area contributed by atoms with Gasteiger partial charge in [0.15, 0.2) is 0 Å². The molecule has 3 heteroatoms. The highest BCUT2D eigenvalue weighted by Crippen LogP contribution is 2.14. The summed E-state index contributed by atoms with van der Waals surface area (Å²) < 4.78 is 4.80. The van der Waals surface area contributed by atoms with Crippen LogP contribution in [0.25, 0.3) is 6.08 Å². The van der Waals surface area contributed by atoms with Crippen molar-refractivity contribution in [2.24, 2.45) is 0 Å². The fourth-order valence-electron chi connectivity index (χ4n) is 1.49. The Morgan fingerprint density at radius 1 is 1.47 bits per heavy atom. The van der Waals surface area contributed by atoms with E-state index in [1.165, 1.54) is 0 Å². The first-order valence-corrected chi connectivity index (χ1v) is 5.44. The van der Waals surface area contributed by atoms with E-state index >= 15 is 0 Å². The Bertz CT molecular complexity index is 495. The van der Waals surface area contributed by atoms with Crippen molar-refractivity contribution >= 4 is 12.0 Å². The van der Waals surface area contributed by atoms with Gasteiger partial charge in [-0.2, -0.15) is 5.26 Å². The molecule has 0 aliphatic rings. The molecule has 0 N–H and O–H groups in total. The summed E-state index contributed by atoms with van der Waals surface area (Å²) in [5.74, 6) is -0.574. The molecule has 17 heavy (non-hydrogen) atoms. The third kappa shape index (κ3) is 3.46. The topological polar surface area (TPSA) is 50.1 Å². The SMILES string of the molecule is CCOC(=O)/C(C#N)=C/c1ccc(C)cc1C. The summed E-state index contributed by atoms with van der Waals surface area (Å²) in [5.41, 5.74) is 3.07. The summed E-state index contributed by atoms with van der Waals surface area (Å²) in [6, 6.07) is 7.70. The predicted molar refractivity (Wildman–Crippen MR) is 66.1 cm³/mol. The minimum absolute atomic E-state index is 0.0267. The summed E-state index contributed by atoms with van der Waals surface area (Å²) in [6.07, 6.45) is 1.56. The molecule has 0 unspecified atom stereocenters. The monoisotopic (exact) mass is 229 g/mol. The summed E-state index contributed by atoms with van der Waals surface area (Å²) >= 11 is 0. The third-order valence-corrected chi connectivity index (χ3v) is 2.34. The Balaban J connectivity index is 3.07. The highest BCUT2D eigenvalue weighted by molar-refractivity contribution is 5.98. The standard InChI is InChI=1S/C14H15NO2/c1-4-17-14(16)13(9-15)8-12-6-5-10(2)7-11(12)3/h5-8H,4H2,1-3H3/b13-8+. The fraction of sp³-hybridized carbons (Fsp3) is 0.286. The molecule has 0 amide bonds. The van der Waals surface area contributed by atoms with Crippen molar-refractivity contribution in [3.05, 3.63) is 40.5 Å². The first kappa shape index (κ1) is 13.0. The Hall–Kier alpha value is -2.08. The van der Waals surface area contributed by atoms with Crippen molar-refractivity contribution in [2.75, 3.05) is 6.61 Å². The number of hydrogen-bond donors (Lipinski definition) is 0. The number of hydrogen-bond acceptors (Lipinski definition) is 3. The van der Waals surface area contributed by atoms with E-state index in [1.54, 1.807) is 13.0 Å². The zero-order valence-corrected chi connectivity index (χ0v) is 10.3. The number of ether oxygens (including phenoxy) is 1. The second-order valence-electron chi connectivity index (χ2n) is 3.75. The molecule has 0 fully saturated rings. The maximum absolute atomic E-state index is 11.4. The predicted octanol–water partition coefficient (Wildman–Crippen LogP) is 2.77. The number of esters is 1. The van der Waals surface area contributed by atoms with Gasteiger partial charge in [-0.3, -0.25) is 0 Å². The molecule has 0 aliphatic carbocycles. The number of nitrogens with zero attached hydrogens (tertiary/aromatic N) is 1. The molecule has 3 nitrogen and oxygen atoms in total. The first-order valence-electron chi connectivity index (χ1n) is 5.44. The van der Waals surface area contributed by atoms with E-state index in [0.29, 0.717) is 0 Å². The van der Waals surface area contributed by atoms with Gasteiger partial charge in [-0.05, 0) is 38.0 Å². The largest absolute Gasteiger partial charge is 0.462 e. The summed E-state index contributed by atoms with van der Waals surface area (Å²) in [7, 11) is 0. The van der Waals surface area contributed by atoms with E-state index in [2.05, 4.69) is 0 Å². The van der Waals surface area contributed by atoms with Crippen LogP contribution in [0.1, 0.15) is 23.6 Å².